The van der Waals surface area contributed by atoms with E-state index in [0.717, 1.165) is 45.4 Å². The van der Waals surface area contributed by atoms with Crippen LogP contribution in [0.2, 0.25) is 0 Å². The molecule has 0 saturated carbocycles. The molecule has 0 amide bonds. The summed E-state index contributed by atoms with van der Waals surface area (Å²) in [5.41, 5.74) is 0.734. The van der Waals surface area contributed by atoms with Crippen molar-refractivity contribution in [3.63, 3.8) is 0 Å². The normalized spacial score (nSPS) is 19.2. The molecule has 0 unspecified atom stereocenters. The van der Waals surface area contributed by atoms with Crippen molar-refractivity contribution in [2.24, 2.45) is 0 Å². The third kappa shape index (κ3) is 3.39. The lowest BCUT2D eigenvalue weighted by Crippen LogP contribution is -2.48. The van der Waals surface area contributed by atoms with Gasteiger partial charge in [-0.1, -0.05) is 5.16 Å². The van der Waals surface area contributed by atoms with Crippen LogP contribution in [-0.4, -0.2) is 48.6 Å². The molecule has 4 rings (SSSR count). The van der Waals surface area contributed by atoms with E-state index in [4.69, 9.17) is 14.0 Å². The van der Waals surface area contributed by atoms with E-state index >= 15 is 0 Å². The van der Waals surface area contributed by atoms with Crippen LogP contribution in [-0.2, 0) is 4.74 Å². The Bertz CT molecular complexity index is 798. The Balaban J connectivity index is 1.58. The quantitative estimate of drug-likeness (QED) is 0.878. The van der Waals surface area contributed by atoms with Crippen LogP contribution in [0.4, 0.5) is 5.82 Å². The number of aromatic carboxylic acids is 1. The van der Waals surface area contributed by atoms with Gasteiger partial charge in [-0.15, -0.1) is 0 Å². The third-order valence-electron chi connectivity index (χ3n) is 5.65. The number of carboxylic acids is 1. The summed E-state index contributed by atoms with van der Waals surface area (Å²) >= 11 is 0. The summed E-state index contributed by atoms with van der Waals surface area (Å²) < 4.78 is 16.7. The number of anilines is 1. The summed E-state index contributed by atoms with van der Waals surface area (Å²) in [5.74, 6) is 0.337. The predicted octanol–water partition coefficient (Wildman–Crippen LogP) is 3.59. The maximum Gasteiger partial charge on any atom is 0.343 e. The second-order valence-electron chi connectivity index (χ2n) is 7.22. The highest BCUT2D eigenvalue weighted by Crippen LogP contribution is 2.38. The molecule has 0 bridgehead atoms. The molecule has 0 atom stereocenters. The van der Waals surface area contributed by atoms with Gasteiger partial charge in [-0.2, -0.15) is 0 Å². The molecule has 2 aromatic rings. The van der Waals surface area contributed by atoms with Gasteiger partial charge in [-0.25, -0.2) is 4.79 Å². The topological polar surface area (TPSA) is 85.0 Å². The molecule has 7 heteroatoms. The number of benzene rings is 1. The second kappa shape index (κ2) is 7.23. The van der Waals surface area contributed by atoms with Crippen LogP contribution in [0.1, 0.15) is 42.5 Å². The molecule has 3 heterocycles. The van der Waals surface area contributed by atoms with Crippen LogP contribution in [0.5, 0.6) is 5.75 Å². The largest absolute Gasteiger partial charge is 0.497 e. The number of aromatic nitrogens is 1. The Labute approximate surface area is 157 Å². The number of hydrogen-bond donors (Lipinski definition) is 1. The third-order valence-corrected chi connectivity index (χ3v) is 5.65. The van der Waals surface area contributed by atoms with Crippen molar-refractivity contribution in [1.82, 2.24) is 5.16 Å². The molecule has 2 aliphatic rings. The van der Waals surface area contributed by atoms with Crippen molar-refractivity contribution in [2.75, 3.05) is 31.7 Å². The number of nitrogens with zero attached hydrogens (tertiary/aromatic N) is 2. The molecule has 7 nitrogen and oxygen atoms in total. The molecule has 2 aliphatic heterocycles. The number of rotatable bonds is 4. The number of hydrogen-bond acceptors (Lipinski definition) is 6. The zero-order chi connectivity index (χ0) is 18.9. The minimum Gasteiger partial charge on any atom is -0.497 e. The smallest absolute Gasteiger partial charge is 0.343 e. The van der Waals surface area contributed by atoms with Crippen LogP contribution in [0, 0.1) is 0 Å². The Kier molecular flexibility index (Phi) is 4.78. The van der Waals surface area contributed by atoms with Crippen molar-refractivity contribution in [1.29, 1.82) is 0 Å². The monoisotopic (exact) mass is 372 g/mol. The SMILES string of the molecule is COc1ccc(-c2onc(N3CCC4(CCCCO4)CC3)c2C(=O)O)cc1. The molecular weight excluding hydrogens is 348 g/mol. The van der Waals surface area contributed by atoms with Gasteiger partial charge >= 0.3 is 5.97 Å². The molecule has 0 aliphatic carbocycles. The van der Waals surface area contributed by atoms with E-state index in [2.05, 4.69) is 5.16 Å². The summed E-state index contributed by atoms with van der Waals surface area (Å²) in [7, 11) is 1.59. The van der Waals surface area contributed by atoms with Gasteiger partial charge in [0.15, 0.2) is 17.1 Å². The zero-order valence-corrected chi connectivity index (χ0v) is 15.4. The number of carboxylic acid groups (broad SMARTS) is 1. The van der Waals surface area contributed by atoms with Gasteiger partial charge in [0, 0.05) is 25.3 Å². The highest BCUT2D eigenvalue weighted by Gasteiger charge is 2.39. The summed E-state index contributed by atoms with van der Waals surface area (Å²) in [5, 5.41) is 13.9. The van der Waals surface area contributed by atoms with E-state index in [1.165, 1.54) is 6.42 Å². The maximum absolute atomic E-state index is 12.0. The van der Waals surface area contributed by atoms with Crippen LogP contribution < -0.4 is 9.64 Å². The molecule has 144 valence electrons. The predicted molar refractivity (Wildman–Crippen MR) is 99.4 cm³/mol. The minimum atomic E-state index is -1.04. The molecule has 27 heavy (non-hydrogen) atoms. The first-order chi connectivity index (χ1) is 13.1. The Morgan fingerprint density at radius 2 is 1.93 bits per heavy atom. The highest BCUT2D eigenvalue weighted by atomic mass is 16.5. The van der Waals surface area contributed by atoms with Crippen molar-refractivity contribution >= 4 is 11.8 Å². The first-order valence-corrected chi connectivity index (χ1v) is 9.38. The fourth-order valence-corrected chi connectivity index (χ4v) is 4.06. The van der Waals surface area contributed by atoms with E-state index in [1.807, 2.05) is 4.90 Å². The van der Waals surface area contributed by atoms with Gasteiger partial charge in [0.2, 0.25) is 0 Å². The molecule has 0 radical (unpaired) electrons. The average molecular weight is 372 g/mol. The Morgan fingerprint density at radius 3 is 2.52 bits per heavy atom. The molecule has 1 aromatic heterocycles. The number of piperidine rings is 1. The molecule has 2 fully saturated rings. The van der Waals surface area contributed by atoms with Gasteiger partial charge in [-0.3, -0.25) is 0 Å². The number of ether oxygens (including phenoxy) is 2. The van der Waals surface area contributed by atoms with Gasteiger partial charge in [0.25, 0.3) is 0 Å². The van der Waals surface area contributed by atoms with Crippen LogP contribution in [0.15, 0.2) is 28.8 Å². The summed E-state index contributed by atoms with van der Waals surface area (Å²) in [6.07, 6.45) is 5.19. The molecule has 2 saturated heterocycles. The lowest BCUT2D eigenvalue weighted by atomic mass is 9.84. The summed E-state index contributed by atoms with van der Waals surface area (Å²) in [4.78, 5) is 14.0. The molecule has 1 N–H and O–H groups in total. The van der Waals surface area contributed by atoms with Crippen LogP contribution >= 0.6 is 0 Å². The van der Waals surface area contributed by atoms with Crippen LogP contribution in [0.25, 0.3) is 11.3 Å². The second-order valence-corrected chi connectivity index (χ2v) is 7.22. The van der Waals surface area contributed by atoms with E-state index in [9.17, 15) is 9.90 Å². The molecular formula is C20H24N2O5. The van der Waals surface area contributed by atoms with Crippen molar-refractivity contribution in [3.8, 4) is 17.1 Å². The molecule has 1 spiro atoms. The first kappa shape index (κ1) is 17.9. The fourth-order valence-electron chi connectivity index (χ4n) is 4.06. The first-order valence-electron chi connectivity index (χ1n) is 9.38. The van der Waals surface area contributed by atoms with E-state index in [-0.39, 0.29) is 16.9 Å². The number of methoxy groups -OCH3 is 1. The molecule has 1 aromatic carbocycles. The van der Waals surface area contributed by atoms with Gasteiger partial charge in [-0.05, 0) is 56.4 Å². The minimum absolute atomic E-state index is 0.0410. The van der Waals surface area contributed by atoms with E-state index < -0.39 is 5.97 Å². The summed E-state index contributed by atoms with van der Waals surface area (Å²) in [6.45, 7) is 2.26. The van der Waals surface area contributed by atoms with Gasteiger partial charge in [0.05, 0.1) is 12.7 Å². The lowest BCUT2D eigenvalue weighted by Gasteiger charge is -2.44. The van der Waals surface area contributed by atoms with Crippen molar-refractivity contribution in [3.05, 3.63) is 29.8 Å². The lowest BCUT2D eigenvalue weighted by molar-refractivity contribution is -0.0921. The number of carbonyl (C=O) groups is 1. The Hall–Kier alpha value is -2.54. The van der Waals surface area contributed by atoms with Crippen molar-refractivity contribution < 1.29 is 23.9 Å². The van der Waals surface area contributed by atoms with E-state index in [0.29, 0.717) is 17.1 Å². The van der Waals surface area contributed by atoms with Gasteiger partial charge in [0.1, 0.15) is 5.75 Å². The highest BCUT2D eigenvalue weighted by molar-refractivity contribution is 5.99. The fraction of sp³-hybridized carbons (Fsp3) is 0.500. The van der Waals surface area contributed by atoms with Crippen LogP contribution in [0.3, 0.4) is 0 Å². The zero-order valence-electron chi connectivity index (χ0n) is 15.4. The maximum atomic E-state index is 12.0. The summed E-state index contributed by atoms with van der Waals surface area (Å²) in [6, 6.07) is 7.09. The van der Waals surface area contributed by atoms with Crippen molar-refractivity contribution in [2.45, 2.75) is 37.7 Å². The Morgan fingerprint density at radius 1 is 1.19 bits per heavy atom. The van der Waals surface area contributed by atoms with Gasteiger partial charge < -0.3 is 24.0 Å². The standard InChI is InChI=1S/C20H24N2O5/c1-25-15-6-4-14(5-7-15)17-16(19(23)24)18(21-27-17)22-11-9-20(10-12-22)8-2-3-13-26-20/h4-7H,2-3,8-13H2,1H3,(H,23,24). The van der Waals surface area contributed by atoms with E-state index in [1.54, 1.807) is 31.4 Å². The average Bonchev–Trinajstić information content (AvgIpc) is 3.15.